The fourth-order valence-electron chi connectivity index (χ4n) is 3.49. The molecule has 4 aromatic rings. The molecule has 0 N–H and O–H groups in total. The molecule has 0 saturated heterocycles. The lowest BCUT2D eigenvalue weighted by molar-refractivity contribution is 0.0493. The van der Waals surface area contributed by atoms with Gasteiger partial charge in [0.15, 0.2) is 11.2 Å². The number of hydrogen-bond acceptors (Lipinski definition) is 7. The Balaban J connectivity index is 1.51. The van der Waals surface area contributed by atoms with Crippen molar-refractivity contribution in [2.75, 3.05) is 18.6 Å². The second kappa shape index (κ2) is 8.87. The highest BCUT2D eigenvalue weighted by molar-refractivity contribution is 7.12. The Kier molecular flexibility index (Phi) is 5.97. The van der Waals surface area contributed by atoms with Gasteiger partial charge in [-0.05, 0) is 23.6 Å². The van der Waals surface area contributed by atoms with Gasteiger partial charge in [-0.2, -0.15) is 0 Å². The van der Waals surface area contributed by atoms with Crippen molar-refractivity contribution in [1.29, 1.82) is 0 Å². The molecule has 4 rings (SSSR count). The maximum atomic E-state index is 12.8. The minimum atomic E-state index is -0.596. The van der Waals surface area contributed by atoms with Gasteiger partial charge in [0.2, 0.25) is 0 Å². The van der Waals surface area contributed by atoms with Crippen LogP contribution in [0.15, 0.2) is 57.7 Å². The Labute approximate surface area is 191 Å². The normalized spacial score (nSPS) is 11.0. The first-order chi connectivity index (χ1) is 15.8. The maximum absolute atomic E-state index is 12.8. The van der Waals surface area contributed by atoms with Gasteiger partial charge >= 0.3 is 11.7 Å². The molecule has 3 aromatic heterocycles. The lowest BCUT2D eigenvalue weighted by Gasteiger charge is -2.19. The standard InChI is InChI=1S/C22H21N5O5S/c1-24(19(28)16-9-6-12-33-16)15-8-5-4-7-14(15)21(30)32-11-10-27-13-23-18-17(27)20(29)26(3)22(31)25(18)2/h4-9,12-13H,10-11H2,1-3H3. The summed E-state index contributed by atoms with van der Waals surface area (Å²) in [5.74, 6) is -0.822. The molecule has 170 valence electrons. The van der Waals surface area contributed by atoms with Crippen molar-refractivity contribution in [2.24, 2.45) is 14.1 Å². The second-order valence-electron chi connectivity index (χ2n) is 7.31. The fourth-order valence-corrected chi connectivity index (χ4v) is 4.19. The summed E-state index contributed by atoms with van der Waals surface area (Å²) in [5.41, 5.74) is 0.236. The highest BCUT2D eigenvalue weighted by Gasteiger charge is 2.21. The predicted octanol–water partition coefficient (Wildman–Crippen LogP) is 1.63. The minimum Gasteiger partial charge on any atom is -0.460 e. The number of imidazole rings is 1. The molecule has 33 heavy (non-hydrogen) atoms. The van der Waals surface area contributed by atoms with Crippen LogP contribution in [0.25, 0.3) is 11.2 Å². The van der Waals surface area contributed by atoms with Crippen LogP contribution in [0, 0.1) is 0 Å². The van der Waals surface area contributed by atoms with Gasteiger partial charge in [-0.25, -0.2) is 14.6 Å². The van der Waals surface area contributed by atoms with E-state index in [0.29, 0.717) is 10.6 Å². The number of hydrogen-bond donors (Lipinski definition) is 0. The van der Waals surface area contributed by atoms with Crippen molar-refractivity contribution in [3.8, 4) is 0 Å². The predicted molar refractivity (Wildman–Crippen MR) is 124 cm³/mol. The van der Waals surface area contributed by atoms with E-state index in [-0.39, 0.29) is 35.8 Å². The third kappa shape index (κ3) is 3.98. The maximum Gasteiger partial charge on any atom is 0.340 e. The number of esters is 1. The van der Waals surface area contributed by atoms with Gasteiger partial charge in [0.05, 0.1) is 29.0 Å². The first kappa shape index (κ1) is 22.2. The highest BCUT2D eigenvalue weighted by atomic mass is 32.1. The van der Waals surface area contributed by atoms with Gasteiger partial charge in [-0.3, -0.25) is 18.7 Å². The third-order valence-corrected chi connectivity index (χ3v) is 6.16. The summed E-state index contributed by atoms with van der Waals surface area (Å²) in [5, 5.41) is 1.81. The Morgan fingerprint density at radius 1 is 1.09 bits per heavy atom. The van der Waals surface area contributed by atoms with Crippen molar-refractivity contribution >= 4 is 40.1 Å². The highest BCUT2D eigenvalue weighted by Crippen LogP contribution is 2.23. The molecule has 0 fully saturated rings. The topological polar surface area (TPSA) is 108 Å². The molecule has 0 spiro atoms. The Morgan fingerprint density at radius 3 is 2.58 bits per heavy atom. The third-order valence-electron chi connectivity index (χ3n) is 5.30. The molecule has 10 nitrogen and oxygen atoms in total. The van der Waals surface area contributed by atoms with Gasteiger partial charge in [-0.1, -0.05) is 18.2 Å². The summed E-state index contributed by atoms with van der Waals surface area (Å²) in [6.07, 6.45) is 1.43. The SMILES string of the molecule is CN(C(=O)c1cccs1)c1ccccc1C(=O)OCCn1cnc2c1c(=O)n(C)c(=O)n2C. The number of ether oxygens (including phenoxy) is 1. The number of para-hydroxylation sites is 1. The number of aromatic nitrogens is 4. The molecule has 0 aliphatic rings. The molecule has 11 heteroatoms. The Hall–Kier alpha value is -3.99. The van der Waals surface area contributed by atoms with Gasteiger partial charge in [-0.15, -0.1) is 11.3 Å². The monoisotopic (exact) mass is 467 g/mol. The van der Waals surface area contributed by atoms with Crippen LogP contribution in [0.3, 0.4) is 0 Å². The van der Waals surface area contributed by atoms with E-state index >= 15 is 0 Å². The van der Waals surface area contributed by atoms with Crippen molar-refractivity contribution in [1.82, 2.24) is 18.7 Å². The summed E-state index contributed by atoms with van der Waals surface area (Å²) in [6.45, 7) is 0.134. The Morgan fingerprint density at radius 2 is 1.85 bits per heavy atom. The van der Waals surface area contributed by atoms with E-state index in [4.69, 9.17) is 4.74 Å². The molecule has 0 aliphatic heterocycles. The van der Waals surface area contributed by atoms with E-state index < -0.39 is 17.2 Å². The largest absolute Gasteiger partial charge is 0.460 e. The van der Waals surface area contributed by atoms with E-state index in [2.05, 4.69) is 4.98 Å². The van der Waals surface area contributed by atoms with Crippen LogP contribution >= 0.6 is 11.3 Å². The zero-order valence-electron chi connectivity index (χ0n) is 18.2. The van der Waals surface area contributed by atoms with Crippen LogP contribution < -0.4 is 16.1 Å². The number of anilines is 1. The van der Waals surface area contributed by atoms with E-state index in [1.54, 1.807) is 48.0 Å². The van der Waals surface area contributed by atoms with E-state index in [9.17, 15) is 19.2 Å². The van der Waals surface area contributed by atoms with Crippen LogP contribution in [-0.4, -0.2) is 44.2 Å². The lowest BCUT2D eigenvalue weighted by Crippen LogP contribution is -2.37. The van der Waals surface area contributed by atoms with Crippen molar-refractivity contribution in [2.45, 2.75) is 6.54 Å². The fraction of sp³-hybridized carbons (Fsp3) is 0.227. The molecule has 0 saturated carbocycles. The number of carbonyl (C=O) groups is 2. The Bertz CT molecular complexity index is 1460. The molecule has 0 bridgehead atoms. The van der Waals surface area contributed by atoms with Crippen molar-refractivity contribution in [3.05, 3.63) is 79.4 Å². The van der Waals surface area contributed by atoms with E-state index in [0.717, 1.165) is 4.57 Å². The average molecular weight is 468 g/mol. The van der Waals surface area contributed by atoms with Crippen molar-refractivity contribution in [3.63, 3.8) is 0 Å². The van der Waals surface area contributed by atoms with E-state index in [1.807, 2.05) is 5.38 Å². The molecule has 0 aliphatic carbocycles. The van der Waals surface area contributed by atoms with E-state index in [1.165, 1.54) is 41.2 Å². The summed E-state index contributed by atoms with van der Waals surface area (Å²) in [6, 6.07) is 10.2. The summed E-state index contributed by atoms with van der Waals surface area (Å²) < 4.78 is 9.27. The lowest BCUT2D eigenvalue weighted by atomic mass is 10.1. The smallest absolute Gasteiger partial charge is 0.340 e. The first-order valence-electron chi connectivity index (χ1n) is 9.99. The molecule has 1 amide bonds. The van der Waals surface area contributed by atoms with Crippen LogP contribution in [0.1, 0.15) is 20.0 Å². The molecule has 3 heterocycles. The van der Waals surface area contributed by atoms with Crippen LogP contribution in [0.2, 0.25) is 0 Å². The van der Waals surface area contributed by atoms with Crippen LogP contribution in [0.5, 0.6) is 0 Å². The minimum absolute atomic E-state index is 0.0345. The van der Waals surface area contributed by atoms with Gasteiger partial charge < -0.3 is 14.2 Å². The molecule has 0 atom stereocenters. The van der Waals surface area contributed by atoms with Crippen LogP contribution in [-0.2, 0) is 25.4 Å². The quantitative estimate of drug-likeness (QED) is 0.399. The average Bonchev–Trinajstić information content (AvgIpc) is 3.51. The number of benzene rings is 1. The number of aryl methyl sites for hydroxylation is 1. The zero-order chi connectivity index (χ0) is 23.7. The number of nitrogens with zero attached hydrogens (tertiary/aromatic N) is 5. The van der Waals surface area contributed by atoms with Crippen LogP contribution in [0.4, 0.5) is 5.69 Å². The van der Waals surface area contributed by atoms with Crippen molar-refractivity contribution < 1.29 is 14.3 Å². The zero-order valence-corrected chi connectivity index (χ0v) is 19.0. The molecule has 1 aromatic carbocycles. The second-order valence-corrected chi connectivity index (χ2v) is 8.26. The summed E-state index contributed by atoms with van der Waals surface area (Å²) in [4.78, 5) is 56.2. The van der Waals surface area contributed by atoms with Gasteiger partial charge in [0, 0.05) is 21.1 Å². The summed E-state index contributed by atoms with van der Waals surface area (Å²) >= 11 is 1.32. The molecular weight excluding hydrogens is 446 g/mol. The summed E-state index contributed by atoms with van der Waals surface area (Å²) in [7, 11) is 4.53. The molecule has 0 unspecified atom stereocenters. The molecule has 0 radical (unpaired) electrons. The first-order valence-corrected chi connectivity index (χ1v) is 10.9. The number of thiophene rings is 1. The van der Waals surface area contributed by atoms with Gasteiger partial charge in [0.1, 0.15) is 6.61 Å². The number of fused-ring (bicyclic) bond motifs is 1. The number of amides is 1. The molecular formula is C22H21N5O5S. The van der Waals surface area contributed by atoms with Gasteiger partial charge in [0.25, 0.3) is 11.5 Å². The number of carbonyl (C=O) groups excluding carboxylic acids is 2. The number of rotatable bonds is 6.